The molecule has 6 nitrogen and oxygen atoms in total. The van der Waals surface area contributed by atoms with Crippen LogP contribution in [0.4, 0.5) is 11.5 Å². The summed E-state index contributed by atoms with van der Waals surface area (Å²) in [5.74, 6) is 6.41. The van der Waals surface area contributed by atoms with E-state index in [1.165, 1.54) is 23.9 Å². The van der Waals surface area contributed by atoms with Crippen molar-refractivity contribution >= 4 is 23.3 Å². The second kappa shape index (κ2) is 5.52. The van der Waals surface area contributed by atoms with E-state index in [0.29, 0.717) is 10.8 Å². The average Bonchev–Trinajstić information content (AvgIpc) is 2.25. The molecule has 3 N–H and O–H groups in total. The Balaban J connectivity index is 2.99. The minimum atomic E-state index is -0.439. The first kappa shape index (κ1) is 11.7. The van der Waals surface area contributed by atoms with E-state index < -0.39 is 4.92 Å². The van der Waals surface area contributed by atoms with Gasteiger partial charge in [0.1, 0.15) is 5.82 Å². The second-order valence-electron chi connectivity index (χ2n) is 2.77. The Morgan fingerprint density at radius 1 is 1.67 bits per heavy atom. The van der Waals surface area contributed by atoms with Crippen LogP contribution in [-0.2, 0) is 0 Å². The van der Waals surface area contributed by atoms with E-state index in [4.69, 9.17) is 5.84 Å². The van der Waals surface area contributed by atoms with Crippen molar-refractivity contribution in [2.75, 3.05) is 11.2 Å². The highest BCUT2D eigenvalue weighted by Crippen LogP contribution is 2.28. The Bertz CT molecular complexity index is 358. The molecule has 1 heterocycles. The number of aromatic nitrogens is 1. The molecule has 0 aliphatic carbocycles. The molecule has 0 unspecified atom stereocenters. The van der Waals surface area contributed by atoms with Gasteiger partial charge >= 0.3 is 5.69 Å². The molecule has 82 valence electrons. The maximum Gasteiger partial charge on any atom is 0.301 e. The summed E-state index contributed by atoms with van der Waals surface area (Å²) in [7, 11) is 0. The van der Waals surface area contributed by atoms with Crippen molar-refractivity contribution in [2.24, 2.45) is 5.84 Å². The number of nitrogen functional groups attached to an aromatic ring is 1. The molecular formula is C8H12N4O2S. The quantitative estimate of drug-likeness (QED) is 0.345. The Morgan fingerprint density at radius 2 is 2.40 bits per heavy atom. The molecule has 1 aromatic heterocycles. The molecule has 0 aromatic carbocycles. The number of hydrogen-bond donors (Lipinski definition) is 2. The van der Waals surface area contributed by atoms with Crippen LogP contribution in [0.3, 0.4) is 0 Å². The van der Waals surface area contributed by atoms with Crippen LogP contribution in [-0.4, -0.2) is 15.7 Å². The highest BCUT2D eigenvalue weighted by molar-refractivity contribution is 7.99. The number of nitrogens with two attached hydrogens (primary N) is 1. The Labute approximate surface area is 91.4 Å². The van der Waals surface area contributed by atoms with Crippen LogP contribution in [0.5, 0.6) is 0 Å². The first-order valence-corrected chi connectivity index (χ1v) is 5.42. The summed E-state index contributed by atoms with van der Waals surface area (Å²) < 4.78 is 0. The van der Waals surface area contributed by atoms with Gasteiger partial charge in [0, 0.05) is 6.07 Å². The van der Waals surface area contributed by atoms with E-state index in [-0.39, 0.29) is 5.69 Å². The molecule has 0 spiro atoms. The normalized spacial score (nSPS) is 10.0. The van der Waals surface area contributed by atoms with Gasteiger partial charge < -0.3 is 5.43 Å². The van der Waals surface area contributed by atoms with Crippen LogP contribution in [0.15, 0.2) is 17.2 Å². The molecule has 0 radical (unpaired) electrons. The second-order valence-corrected chi connectivity index (χ2v) is 3.85. The lowest BCUT2D eigenvalue weighted by Crippen LogP contribution is -2.09. The fourth-order valence-electron chi connectivity index (χ4n) is 0.957. The largest absolute Gasteiger partial charge is 0.308 e. The summed E-state index contributed by atoms with van der Waals surface area (Å²) in [4.78, 5) is 14.3. The van der Waals surface area contributed by atoms with Crippen molar-refractivity contribution in [3.05, 3.63) is 22.2 Å². The first-order chi connectivity index (χ1) is 7.19. The molecule has 15 heavy (non-hydrogen) atoms. The molecule has 0 bridgehead atoms. The highest BCUT2D eigenvalue weighted by Gasteiger charge is 2.15. The van der Waals surface area contributed by atoms with Gasteiger partial charge in [-0.05, 0) is 18.2 Å². The first-order valence-electron chi connectivity index (χ1n) is 4.44. The van der Waals surface area contributed by atoms with E-state index >= 15 is 0 Å². The van der Waals surface area contributed by atoms with Crippen LogP contribution in [0.1, 0.15) is 13.3 Å². The van der Waals surface area contributed by atoms with Crippen LogP contribution < -0.4 is 11.3 Å². The lowest BCUT2D eigenvalue weighted by molar-refractivity contribution is -0.388. The number of thioether (sulfide) groups is 1. The zero-order chi connectivity index (χ0) is 11.3. The summed E-state index contributed by atoms with van der Waals surface area (Å²) in [6.45, 7) is 2.00. The lowest BCUT2D eigenvalue weighted by Gasteiger charge is -2.03. The molecule has 1 rings (SSSR count). The van der Waals surface area contributed by atoms with Gasteiger partial charge in [-0.3, -0.25) is 10.1 Å². The maximum absolute atomic E-state index is 10.7. The molecular weight excluding hydrogens is 216 g/mol. The number of anilines is 1. The topological polar surface area (TPSA) is 94.1 Å². The SMILES string of the molecule is CCCSc1nc(NN)ccc1[N+](=O)[O-]. The molecule has 0 amide bonds. The molecule has 7 heteroatoms. The van der Waals surface area contributed by atoms with Crippen LogP contribution in [0.2, 0.25) is 0 Å². The average molecular weight is 228 g/mol. The Hall–Kier alpha value is -1.34. The summed E-state index contributed by atoms with van der Waals surface area (Å²) in [6, 6.07) is 2.88. The number of pyridine rings is 1. The maximum atomic E-state index is 10.7. The number of nitro groups is 1. The highest BCUT2D eigenvalue weighted by atomic mass is 32.2. The van der Waals surface area contributed by atoms with Gasteiger partial charge in [0.05, 0.1) is 4.92 Å². The van der Waals surface area contributed by atoms with Crippen LogP contribution >= 0.6 is 11.8 Å². The van der Waals surface area contributed by atoms with E-state index in [9.17, 15) is 10.1 Å². The minimum absolute atomic E-state index is 0.0208. The molecule has 0 saturated heterocycles. The van der Waals surface area contributed by atoms with E-state index in [2.05, 4.69) is 10.4 Å². The number of nitrogens with one attached hydrogen (secondary N) is 1. The van der Waals surface area contributed by atoms with Gasteiger partial charge in [0.2, 0.25) is 0 Å². The molecule has 0 saturated carbocycles. The van der Waals surface area contributed by atoms with Gasteiger partial charge in [0.25, 0.3) is 0 Å². The number of hydrazine groups is 1. The molecule has 0 fully saturated rings. The third-order valence-electron chi connectivity index (χ3n) is 1.63. The van der Waals surface area contributed by atoms with Gasteiger partial charge in [-0.25, -0.2) is 10.8 Å². The zero-order valence-electron chi connectivity index (χ0n) is 8.27. The van der Waals surface area contributed by atoms with E-state index in [1.807, 2.05) is 6.92 Å². The smallest absolute Gasteiger partial charge is 0.301 e. The van der Waals surface area contributed by atoms with E-state index in [1.54, 1.807) is 0 Å². The molecule has 1 aromatic rings. The summed E-state index contributed by atoms with van der Waals surface area (Å²) in [6.07, 6.45) is 0.934. The van der Waals surface area contributed by atoms with Crippen molar-refractivity contribution in [2.45, 2.75) is 18.4 Å². The third kappa shape index (κ3) is 3.07. The fraction of sp³-hybridized carbons (Fsp3) is 0.375. The summed E-state index contributed by atoms with van der Waals surface area (Å²) in [5, 5.41) is 11.1. The van der Waals surface area contributed by atoms with Crippen LogP contribution in [0.25, 0.3) is 0 Å². The molecule has 0 atom stereocenters. The molecule has 0 aliphatic rings. The van der Waals surface area contributed by atoms with Crippen molar-refractivity contribution in [3.63, 3.8) is 0 Å². The summed E-state index contributed by atoms with van der Waals surface area (Å²) >= 11 is 1.36. The summed E-state index contributed by atoms with van der Waals surface area (Å²) in [5.41, 5.74) is 2.38. The predicted molar refractivity (Wildman–Crippen MR) is 59.7 cm³/mol. The van der Waals surface area contributed by atoms with Crippen molar-refractivity contribution in [1.29, 1.82) is 0 Å². The molecule has 0 aliphatic heterocycles. The van der Waals surface area contributed by atoms with Crippen molar-refractivity contribution in [1.82, 2.24) is 4.98 Å². The van der Waals surface area contributed by atoms with Gasteiger partial charge in [-0.1, -0.05) is 18.7 Å². The van der Waals surface area contributed by atoms with Gasteiger partial charge in [-0.15, -0.1) is 0 Å². The number of hydrogen-bond acceptors (Lipinski definition) is 6. The fourth-order valence-corrected chi connectivity index (χ4v) is 1.81. The zero-order valence-corrected chi connectivity index (χ0v) is 9.08. The van der Waals surface area contributed by atoms with Crippen molar-refractivity contribution in [3.8, 4) is 0 Å². The monoisotopic (exact) mass is 228 g/mol. The lowest BCUT2D eigenvalue weighted by atomic mass is 10.4. The number of nitrogens with zero attached hydrogens (tertiary/aromatic N) is 2. The number of rotatable bonds is 5. The minimum Gasteiger partial charge on any atom is -0.308 e. The Kier molecular flexibility index (Phi) is 4.32. The predicted octanol–water partition coefficient (Wildman–Crippen LogP) is 1.78. The van der Waals surface area contributed by atoms with E-state index in [0.717, 1.165) is 12.2 Å². The van der Waals surface area contributed by atoms with Gasteiger partial charge in [0.15, 0.2) is 5.03 Å². The third-order valence-corrected chi connectivity index (χ3v) is 2.81. The van der Waals surface area contributed by atoms with Crippen LogP contribution in [0, 0.1) is 10.1 Å². The van der Waals surface area contributed by atoms with Crippen molar-refractivity contribution < 1.29 is 4.92 Å². The van der Waals surface area contributed by atoms with Gasteiger partial charge in [-0.2, -0.15) is 0 Å². The Morgan fingerprint density at radius 3 is 2.93 bits per heavy atom. The standard InChI is InChI=1S/C8H12N4O2S/c1-2-5-15-8-6(12(13)14)3-4-7(10-8)11-9/h3-4H,2,5,9H2,1H3,(H,10,11).